The smallest absolute Gasteiger partial charge is 0.355 e. The molecule has 0 aliphatic carbocycles. The van der Waals surface area contributed by atoms with E-state index in [-0.39, 0.29) is 24.5 Å². The van der Waals surface area contributed by atoms with Gasteiger partial charge in [0, 0.05) is 5.69 Å². The summed E-state index contributed by atoms with van der Waals surface area (Å²) in [5.74, 6) is -1.07. The van der Waals surface area contributed by atoms with Gasteiger partial charge in [-0.15, -0.1) is 0 Å². The molecule has 1 aliphatic heterocycles. The Kier molecular flexibility index (Phi) is 3.62. The van der Waals surface area contributed by atoms with Gasteiger partial charge in [0.05, 0.1) is 6.61 Å². The zero-order valence-corrected chi connectivity index (χ0v) is 9.93. The summed E-state index contributed by atoms with van der Waals surface area (Å²) in [6.07, 6.45) is 0. The molecule has 0 aromatic heterocycles. The number of cyclic esters (lactones) is 1. The maximum absolute atomic E-state index is 11.6. The van der Waals surface area contributed by atoms with E-state index in [0.29, 0.717) is 5.69 Å². The third-order valence-corrected chi connectivity index (χ3v) is 2.42. The zero-order chi connectivity index (χ0) is 13.0. The first-order valence-electron chi connectivity index (χ1n) is 5.62. The Hall–Kier alpha value is -2.30. The molecular weight excluding hydrogens is 234 g/mol. The van der Waals surface area contributed by atoms with Gasteiger partial charge in [0.1, 0.15) is 17.9 Å². The zero-order valence-electron chi connectivity index (χ0n) is 9.93. The maximum Gasteiger partial charge on any atom is 0.355 e. The summed E-state index contributed by atoms with van der Waals surface area (Å²) in [7, 11) is 0. The highest BCUT2D eigenvalue weighted by Gasteiger charge is 2.30. The minimum absolute atomic E-state index is 0.0488. The van der Waals surface area contributed by atoms with Gasteiger partial charge in [-0.05, 0) is 19.1 Å². The van der Waals surface area contributed by atoms with E-state index in [0.717, 1.165) is 0 Å². The molecule has 0 atom stereocenters. The van der Waals surface area contributed by atoms with Crippen LogP contribution in [0.4, 0.5) is 5.69 Å². The van der Waals surface area contributed by atoms with E-state index in [2.05, 4.69) is 5.32 Å². The average Bonchev–Trinajstić information content (AvgIpc) is 2.73. The highest BCUT2D eigenvalue weighted by atomic mass is 16.6. The molecule has 0 bridgehead atoms. The molecule has 5 nitrogen and oxygen atoms in total. The molecule has 94 valence electrons. The van der Waals surface area contributed by atoms with E-state index in [1.807, 2.05) is 18.2 Å². The number of hydrogen-bond donors (Lipinski definition) is 1. The topological polar surface area (TPSA) is 64.6 Å². The number of benzene rings is 1. The Labute approximate surface area is 104 Å². The Balaban J connectivity index is 2.23. The number of rotatable bonds is 4. The summed E-state index contributed by atoms with van der Waals surface area (Å²) in [6, 6.07) is 9.10. The van der Waals surface area contributed by atoms with Gasteiger partial charge in [-0.2, -0.15) is 0 Å². The molecule has 0 radical (unpaired) electrons. The van der Waals surface area contributed by atoms with Gasteiger partial charge >= 0.3 is 11.9 Å². The van der Waals surface area contributed by atoms with Gasteiger partial charge in [0.25, 0.3) is 0 Å². The molecule has 1 heterocycles. The fourth-order valence-corrected chi connectivity index (χ4v) is 1.58. The van der Waals surface area contributed by atoms with Crippen molar-refractivity contribution in [3.63, 3.8) is 0 Å². The molecule has 0 spiro atoms. The van der Waals surface area contributed by atoms with Crippen molar-refractivity contribution in [2.45, 2.75) is 6.92 Å². The second-order valence-corrected chi connectivity index (χ2v) is 3.64. The minimum atomic E-state index is -0.540. The molecule has 1 N–H and O–H groups in total. The number of anilines is 1. The summed E-state index contributed by atoms with van der Waals surface area (Å²) in [5.41, 5.74) is 1.10. The lowest BCUT2D eigenvalue weighted by Crippen LogP contribution is -2.14. The van der Waals surface area contributed by atoms with Crippen molar-refractivity contribution in [2.24, 2.45) is 0 Å². The predicted octanol–water partition coefficient (Wildman–Crippen LogP) is 1.47. The molecule has 18 heavy (non-hydrogen) atoms. The monoisotopic (exact) mass is 247 g/mol. The molecule has 1 aromatic rings. The van der Waals surface area contributed by atoms with Crippen LogP contribution in [0.25, 0.3) is 0 Å². The van der Waals surface area contributed by atoms with Gasteiger partial charge in [-0.1, -0.05) is 18.2 Å². The van der Waals surface area contributed by atoms with Crippen molar-refractivity contribution in [1.29, 1.82) is 0 Å². The third-order valence-electron chi connectivity index (χ3n) is 2.42. The highest BCUT2D eigenvalue weighted by molar-refractivity contribution is 6.05. The lowest BCUT2D eigenvalue weighted by atomic mass is 10.2. The second-order valence-electron chi connectivity index (χ2n) is 3.64. The van der Waals surface area contributed by atoms with E-state index in [4.69, 9.17) is 9.47 Å². The van der Waals surface area contributed by atoms with Crippen molar-refractivity contribution >= 4 is 17.6 Å². The molecule has 0 fully saturated rings. The van der Waals surface area contributed by atoms with Gasteiger partial charge < -0.3 is 14.8 Å². The number of carbonyl (C=O) groups is 2. The lowest BCUT2D eigenvalue weighted by Gasteiger charge is -2.06. The summed E-state index contributed by atoms with van der Waals surface area (Å²) in [4.78, 5) is 23.2. The van der Waals surface area contributed by atoms with Crippen LogP contribution in [-0.2, 0) is 19.1 Å². The molecule has 0 amide bonds. The Morgan fingerprint density at radius 2 is 2.11 bits per heavy atom. The number of para-hydroxylation sites is 1. The molecule has 0 unspecified atom stereocenters. The number of hydrogen-bond acceptors (Lipinski definition) is 5. The maximum atomic E-state index is 11.6. The molecule has 5 heteroatoms. The van der Waals surface area contributed by atoms with Crippen LogP contribution in [0.3, 0.4) is 0 Å². The molecule has 1 aliphatic rings. The normalized spacial score (nSPS) is 14.4. The van der Waals surface area contributed by atoms with E-state index < -0.39 is 11.9 Å². The minimum Gasteiger partial charge on any atom is -0.462 e. The molecular formula is C13H13NO4. The summed E-state index contributed by atoms with van der Waals surface area (Å²) in [6.45, 7) is 1.92. The van der Waals surface area contributed by atoms with Crippen LogP contribution in [-0.4, -0.2) is 25.2 Å². The number of esters is 2. The molecule has 0 saturated carbocycles. The van der Waals surface area contributed by atoms with E-state index >= 15 is 0 Å². The second kappa shape index (κ2) is 5.35. The lowest BCUT2D eigenvalue weighted by molar-refractivity contribution is -0.139. The van der Waals surface area contributed by atoms with Crippen molar-refractivity contribution in [2.75, 3.05) is 18.5 Å². The van der Waals surface area contributed by atoms with Crippen molar-refractivity contribution in [1.82, 2.24) is 0 Å². The Bertz CT molecular complexity index is 493. The quantitative estimate of drug-likeness (QED) is 0.816. The van der Waals surface area contributed by atoms with Crippen molar-refractivity contribution in [3.8, 4) is 0 Å². The largest absolute Gasteiger partial charge is 0.462 e. The van der Waals surface area contributed by atoms with Crippen molar-refractivity contribution < 1.29 is 19.1 Å². The fraction of sp³-hybridized carbons (Fsp3) is 0.231. The van der Waals surface area contributed by atoms with Crippen LogP contribution in [0.1, 0.15) is 6.92 Å². The summed E-state index contributed by atoms with van der Waals surface area (Å²) >= 11 is 0. The van der Waals surface area contributed by atoms with Crippen LogP contribution in [0.2, 0.25) is 0 Å². The SMILES string of the molecule is CCOC(=O)C1=C(Nc2ccccc2)C(=O)OC1. The predicted molar refractivity (Wildman–Crippen MR) is 64.7 cm³/mol. The first-order chi connectivity index (χ1) is 8.72. The van der Waals surface area contributed by atoms with Gasteiger partial charge in [0.2, 0.25) is 0 Å². The van der Waals surface area contributed by atoms with E-state index in [1.165, 1.54) is 0 Å². The van der Waals surface area contributed by atoms with Crippen LogP contribution < -0.4 is 5.32 Å². The molecule has 2 rings (SSSR count). The molecule has 0 saturated heterocycles. The highest BCUT2D eigenvalue weighted by Crippen LogP contribution is 2.20. The van der Waals surface area contributed by atoms with Gasteiger partial charge in [0.15, 0.2) is 0 Å². The third kappa shape index (κ3) is 2.51. The van der Waals surface area contributed by atoms with Crippen LogP contribution in [0.15, 0.2) is 41.6 Å². The van der Waals surface area contributed by atoms with E-state index in [9.17, 15) is 9.59 Å². The number of nitrogens with one attached hydrogen (secondary N) is 1. The number of carbonyl (C=O) groups excluding carboxylic acids is 2. The van der Waals surface area contributed by atoms with Gasteiger partial charge in [-0.3, -0.25) is 0 Å². The van der Waals surface area contributed by atoms with Gasteiger partial charge in [-0.25, -0.2) is 9.59 Å². The summed E-state index contributed by atoms with van der Waals surface area (Å²) < 4.78 is 9.71. The number of ether oxygens (including phenoxy) is 2. The standard InChI is InChI=1S/C13H13NO4/c1-2-17-12(15)10-8-18-13(16)11(10)14-9-6-4-3-5-7-9/h3-7,14H,2,8H2,1H3. The summed E-state index contributed by atoms with van der Waals surface area (Å²) in [5, 5.41) is 2.88. The van der Waals surface area contributed by atoms with E-state index in [1.54, 1.807) is 19.1 Å². The molecule has 1 aromatic carbocycles. The van der Waals surface area contributed by atoms with Crippen LogP contribution >= 0.6 is 0 Å². The average molecular weight is 247 g/mol. The van der Waals surface area contributed by atoms with Crippen LogP contribution in [0.5, 0.6) is 0 Å². The Morgan fingerprint density at radius 1 is 1.39 bits per heavy atom. The first-order valence-corrected chi connectivity index (χ1v) is 5.62. The fourth-order valence-electron chi connectivity index (χ4n) is 1.58. The first kappa shape index (κ1) is 12.2. The van der Waals surface area contributed by atoms with Crippen LogP contribution in [0, 0.1) is 0 Å². The Morgan fingerprint density at radius 3 is 2.78 bits per heavy atom. The van der Waals surface area contributed by atoms with Crippen molar-refractivity contribution in [3.05, 3.63) is 41.6 Å².